The van der Waals surface area contributed by atoms with E-state index >= 15 is 0 Å². The van der Waals surface area contributed by atoms with Crippen LogP contribution in [0.1, 0.15) is 55.3 Å². The van der Waals surface area contributed by atoms with Crippen molar-refractivity contribution >= 4 is 42.2 Å². The Hall–Kier alpha value is -0.320. The number of nitrogens with two attached hydrogens (primary N) is 1. The summed E-state index contributed by atoms with van der Waals surface area (Å²) in [5.41, 5.74) is 6.79. The van der Waals surface area contributed by atoms with Gasteiger partial charge in [-0.2, -0.15) is 0 Å². The molecule has 2 aliphatic rings. The number of benzene rings is 1. The summed E-state index contributed by atoms with van der Waals surface area (Å²) in [6.45, 7) is 3.29. The van der Waals surface area contributed by atoms with E-state index < -0.39 is 0 Å². The number of ketones is 1. The number of carbonyl (C=O) groups excluding carboxylic acids is 1. The van der Waals surface area contributed by atoms with Gasteiger partial charge in [-0.25, -0.2) is 0 Å². The van der Waals surface area contributed by atoms with E-state index in [0.29, 0.717) is 11.1 Å². The highest BCUT2D eigenvalue weighted by Crippen LogP contribution is 2.27. The molecule has 0 radical (unpaired) electrons. The van der Waals surface area contributed by atoms with Crippen molar-refractivity contribution in [1.82, 2.24) is 4.90 Å². The van der Waals surface area contributed by atoms with E-state index in [1.165, 1.54) is 38.6 Å². The molecule has 1 saturated carbocycles. The lowest BCUT2D eigenvalue weighted by Gasteiger charge is -2.33. The molecule has 6 heteroatoms. The molecule has 2 fully saturated rings. The summed E-state index contributed by atoms with van der Waals surface area (Å²) in [7, 11) is 0. The smallest absolute Gasteiger partial charge is 0.166 e. The van der Waals surface area contributed by atoms with Crippen LogP contribution in [-0.2, 0) is 0 Å². The molecule has 1 aromatic rings. The fourth-order valence-corrected chi connectivity index (χ4v) is 4.24. The van der Waals surface area contributed by atoms with Crippen LogP contribution in [-0.4, -0.2) is 36.4 Å². The number of hydrogen-bond acceptors (Lipinski definition) is 3. The second-order valence-electron chi connectivity index (χ2n) is 7.56. The maximum Gasteiger partial charge on any atom is 0.166 e. The summed E-state index contributed by atoms with van der Waals surface area (Å²) in [6, 6.07) is 7.76. The van der Waals surface area contributed by atoms with E-state index in [1.807, 2.05) is 12.1 Å². The van der Waals surface area contributed by atoms with Gasteiger partial charge in [-0.05, 0) is 94.8 Å². The van der Waals surface area contributed by atoms with Gasteiger partial charge in [0.15, 0.2) is 5.78 Å². The first-order valence-corrected chi connectivity index (χ1v) is 9.77. The van der Waals surface area contributed by atoms with Gasteiger partial charge in [0.05, 0.1) is 0 Å². The second-order valence-corrected chi connectivity index (χ2v) is 7.99. The summed E-state index contributed by atoms with van der Waals surface area (Å²) < 4.78 is 0. The van der Waals surface area contributed by atoms with Crippen molar-refractivity contribution < 1.29 is 4.79 Å². The van der Waals surface area contributed by atoms with E-state index in [9.17, 15) is 4.79 Å². The SMILES string of the molecule is Cl.Cl.NC1CCC(CCN2CCC(C(=O)c3ccc(Cl)cc3)CC2)CC1. The standard InChI is InChI=1S/C20H29ClN2O.2ClH/c21-18-5-3-16(4-6-18)20(24)17-10-13-23(14-11-17)12-9-15-1-7-19(22)8-2-15;;/h3-6,15,17,19H,1-2,7-14,22H2;2*1H. The van der Waals surface area contributed by atoms with Crippen molar-refractivity contribution in [3.8, 4) is 0 Å². The molecule has 1 aliphatic carbocycles. The Bertz CT molecular complexity index is 536. The number of carbonyl (C=O) groups is 1. The van der Waals surface area contributed by atoms with Crippen molar-refractivity contribution in [3.63, 3.8) is 0 Å². The monoisotopic (exact) mass is 420 g/mol. The molecule has 0 aromatic heterocycles. The molecular weight excluding hydrogens is 391 g/mol. The zero-order valence-electron chi connectivity index (χ0n) is 15.2. The van der Waals surface area contributed by atoms with E-state index in [4.69, 9.17) is 17.3 Å². The molecular formula is C20H31Cl3N2O. The van der Waals surface area contributed by atoms with Gasteiger partial charge in [0, 0.05) is 22.5 Å². The predicted octanol–water partition coefficient (Wildman–Crippen LogP) is 4.99. The normalized spacial score (nSPS) is 24.4. The van der Waals surface area contributed by atoms with Gasteiger partial charge >= 0.3 is 0 Å². The number of Topliss-reactive ketones (excluding diaryl/α,β-unsaturated/α-hetero) is 1. The quantitative estimate of drug-likeness (QED) is 0.681. The zero-order chi connectivity index (χ0) is 16.9. The number of nitrogens with zero attached hydrogens (tertiary/aromatic N) is 1. The Kier molecular flexibility index (Phi) is 10.5. The van der Waals surface area contributed by atoms with Gasteiger partial charge in [0.1, 0.15) is 0 Å². The number of rotatable bonds is 5. The Morgan fingerprint density at radius 1 is 1.00 bits per heavy atom. The first kappa shape index (κ1) is 23.7. The summed E-state index contributed by atoms with van der Waals surface area (Å²) in [5, 5.41) is 0.685. The van der Waals surface area contributed by atoms with Gasteiger partial charge in [0.2, 0.25) is 0 Å². The lowest BCUT2D eigenvalue weighted by molar-refractivity contribution is 0.0833. The van der Waals surface area contributed by atoms with Crippen molar-refractivity contribution in [2.75, 3.05) is 19.6 Å². The predicted molar refractivity (Wildman–Crippen MR) is 114 cm³/mol. The molecule has 1 aromatic carbocycles. The average molecular weight is 422 g/mol. The fraction of sp³-hybridized carbons (Fsp3) is 0.650. The first-order valence-electron chi connectivity index (χ1n) is 9.39. The van der Waals surface area contributed by atoms with Gasteiger partial charge < -0.3 is 10.6 Å². The maximum absolute atomic E-state index is 12.6. The number of likely N-dealkylation sites (tertiary alicyclic amines) is 1. The molecule has 0 amide bonds. The van der Waals surface area contributed by atoms with Crippen molar-refractivity contribution in [2.45, 2.75) is 51.0 Å². The number of halogens is 3. The minimum atomic E-state index is 0. The van der Waals surface area contributed by atoms with Gasteiger partial charge in [0.25, 0.3) is 0 Å². The topological polar surface area (TPSA) is 46.3 Å². The molecule has 3 nitrogen and oxygen atoms in total. The molecule has 0 spiro atoms. The Balaban J connectivity index is 0.00000169. The third-order valence-corrected chi connectivity index (χ3v) is 6.08. The largest absolute Gasteiger partial charge is 0.328 e. The van der Waals surface area contributed by atoms with E-state index in [2.05, 4.69) is 4.90 Å². The number of hydrogen-bond donors (Lipinski definition) is 1. The Morgan fingerprint density at radius 3 is 2.15 bits per heavy atom. The summed E-state index contributed by atoms with van der Waals surface area (Å²) >= 11 is 5.90. The van der Waals surface area contributed by atoms with E-state index in [0.717, 1.165) is 37.4 Å². The van der Waals surface area contributed by atoms with Crippen molar-refractivity contribution in [3.05, 3.63) is 34.9 Å². The lowest BCUT2D eigenvalue weighted by atomic mass is 9.84. The van der Waals surface area contributed by atoms with Gasteiger partial charge in [-0.15, -0.1) is 24.8 Å². The van der Waals surface area contributed by atoms with E-state index in [1.54, 1.807) is 12.1 Å². The number of piperidine rings is 1. The third-order valence-electron chi connectivity index (χ3n) is 5.83. The summed E-state index contributed by atoms with van der Waals surface area (Å²) in [5.74, 6) is 1.32. The van der Waals surface area contributed by atoms with E-state index in [-0.39, 0.29) is 36.5 Å². The van der Waals surface area contributed by atoms with Crippen molar-refractivity contribution in [1.29, 1.82) is 0 Å². The van der Waals surface area contributed by atoms with Crippen LogP contribution in [0.3, 0.4) is 0 Å². The van der Waals surface area contributed by atoms with Gasteiger partial charge in [-0.3, -0.25) is 4.79 Å². The minimum absolute atomic E-state index is 0. The van der Waals surface area contributed by atoms with Crippen LogP contribution in [0.5, 0.6) is 0 Å². The maximum atomic E-state index is 12.6. The summed E-state index contributed by atoms with van der Waals surface area (Å²) in [6.07, 6.45) is 8.25. The second kappa shape index (κ2) is 11.5. The van der Waals surface area contributed by atoms with Crippen LogP contribution < -0.4 is 5.73 Å². The first-order chi connectivity index (χ1) is 11.6. The Labute approximate surface area is 174 Å². The molecule has 1 aliphatic heterocycles. The Morgan fingerprint density at radius 2 is 1.58 bits per heavy atom. The molecule has 0 unspecified atom stereocenters. The van der Waals surface area contributed by atoms with Crippen LogP contribution >= 0.6 is 36.4 Å². The molecule has 0 bridgehead atoms. The molecule has 1 heterocycles. The zero-order valence-corrected chi connectivity index (χ0v) is 17.6. The van der Waals surface area contributed by atoms with Crippen LogP contribution in [0, 0.1) is 11.8 Å². The fourth-order valence-electron chi connectivity index (χ4n) is 4.11. The third kappa shape index (κ3) is 6.69. The van der Waals surface area contributed by atoms with Crippen LogP contribution in [0.15, 0.2) is 24.3 Å². The highest BCUT2D eigenvalue weighted by molar-refractivity contribution is 6.30. The highest BCUT2D eigenvalue weighted by Gasteiger charge is 2.26. The molecule has 1 saturated heterocycles. The molecule has 2 N–H and O–H groups in total. The molecule has 0 atom stereocenters. The van der Waals surface area contributed by atoms with Gasteiger partial charge in [-0.1, -0.05) is 11.6 Å². The van der Waals surface area contributed by atoms with Crippen molar-refractivity contribution in [2.24, 2.45) is 17.6 Å². The molecule has 148 valence electrons. The van der Waals surface area contributed by atoms with Crippen LogP contribution in [0.4, 0.5) is 0 Å². The van der Waals surface area contributed by atoms with Crippen LogP contribution in [0.2, 0.25) is 5.02 Å². The molecule has 3 rings (SSSR count). The summed E-state index contributed by atoms with van der Waals surface area (Å²) in [4.78, 5) is 15.1. The lowest BCUT2D eigenvalue weighted by Crippen LogP contribution is -2.38. The van der Waals surface area contributed by atoms with Crippen LogP contribution in [0.25, 0.3) is 0 Å². The molecule has 26 heavy (non-hydrogen) atoms. The minimum Gasteiger partial charge on any atom is -0.328 e. The highest BCUT2D eigenvalue weighted by atomic mass is 35.5. The average Bonchev–Trinajstić information content (AvgIpc) is 2.62.